The molecule has 0 spiro atoms. The summed E-state index contributed by atoms with van der Waals surface area (Å²) in [7, 11) is 0. The van der Waals surface area contributed by atoms with E-state index in [0.717, 1.165) is 20.6 Å². The zero-order valence-electron chi connectivity index (χ0n) is 9.45. The highest BCUT2D eigenvalue weighted by Crippen LogP contribution is 2.27. The molecule has 3 nitrogen and oxygen atoms in total. The standard InChI is InChI=1S/C12H11BrN2OS/c1-7-3-9(6-14-5-7)15-12(16)10-4-8(2)11(13)17-10/h3-6H,1-2H3,(H,15,16). The largest absolute Gasteiger partial charge is 0.320 e. The van der Waals surface area contributed by atoms with Crippen LogP contribution in [0.15, 0.2) is 28.3 Å². The van der Waals surface area contributed by atoms with E-state index in [1.807, 2.05) is 26.0 Å². The molecule has 1 amide bonds. The summed E-state index contributed by atoms with van der Waals surface area (Å²) in [5.74, 6) is -0.101. The number of thiophene rings is 1. The Morgan fingerprint density at radius 1 is 1.35 bits per heavy atom. The number of carbonyl (C=O) groups is 1. The average molecular weight is 311 g/mol. The minimum absolute atomic E-state index is 0.101. The quantitative estimate of drug-likeness (QED) is 0.917. The summed E-state index contributed by atoms with van der Waals surface area (Å²) in [6.45, 7) is 3.90. The molecule has 1 N–H and O–H groups in total. The molecule has 0 fully saturated rings. The van der Waals surface area contributed by atoms with Crippen LogP contribution in [0, 0.1) is 13.8 Å². The van der Waals surface area contributed by atoms with Crippen LogP contribution in [0.1, 0.15) is 20.8 Å². The van der Waals surface area contributed by atoms with Crippen LogP contribution in [0.2, 0.25) is 0 Å². The molecular formula is C12H11BrN2OS. The number of nitrogens with one attached hydrogen (secondary N) is 1. The van der Waals surface area contributed by atoms with Crippen molar-refractivity contribution in [2.45, 2.75) is 13.8 Å². The fraction of sp³-hybridized carbons (Fsp3) is 0.167. The fourth-order valence-corrected chi connectivity index (χ4v) is 2.82. The molecule has 2 aromatic heterocycles. The van der Waals surface area contributed by atoms with E-state index in [4.69, 9.17) is 0 Å². The van der Waals surface area contributed by atoms with Gasteiger partial charge in [0.1, 0.15) is 0 Å². The molecule has 0 bridgehead atoms. The van der Waals surface area contributed by atoms with Crippen molar-refractivity contribution in [2.75, 3.05) is 5.32 Å². The zero-order valence-corrected chi connectivity index (χ0v) is 11.9. The molecule has 0 aliphatic heterocycles. The lowest BCUT2D eigenvalue weighted by Gasteiger charge is -2.03. The summed E-state index contributed by atoms with van der Waals surface area (Å²) in [5.41, 5.74) is 2.81. The monoisotopic (exact) mass is 310 g/mol. The number of carbonyl (C=O) groups excluding carboxylic acids is 1. The summed E-state index contributed by atoms with van der Waals surface area (Å²) in [5, 5.41) is 2.83. The zero-order chi connectivity index (χ0) is 12.4. The Balaban J connectivity index is 2.17. The van der Waals surface area contributed by atoms with Crippen molar-refractivity contribution in [2.24, 2.45) is 0 Å². The Morgan fingerprint density at radius 3 is 2.71 bits per heavy atom. The lowest BCUT2D eigenvalue weighted by Crippen LogP contribution is -2.10. The van der Waals surface area contributed by atoms with Crippen molar-refractivity contribution in [3.05, 3.63) is 44.3 Å². The highest BCUT2D eigenvalue weighted by molar-refractivity contribution is 9.11. The minimum Gasteiger partial charge on any atom is -0.320 e. The Labute approximate surface area is 112 Å². The molecule has 0 saturated heterocycles. The van der Waals surface area contributed by atoms with Crippen LogP contribution in [0.25, 0.3) is 0 Å². The van der Waals surface area contributed by atoms with Gasteiger partial charge in [-0.3, -0.25) is 9.78 Å². The highest BCUT2D eigenvalue weighted by atomic mass is 79.9. The first-order chi connectivity index (χ1) is 8.06. The first-order valence-electron chi connectivity index (χ1n) is 5.05. The van der Waals surface area contributed by atoms with Gasteiger partial charge < -0.3 is 5.32 Å². The molecule has 0 aliphatic rings. The van der Waals surface area contributed by atoms with Crippen LogP contribution in [-0.2, 0) is 0 Å². The summed E-state index contributed by atoms with van der Waals surface area (Å²) >= 11 is 4.84. The second-order valence-corrected chi connectivity index (χ2v) is 6.14. The van der Waals surface area contributed by atoms with Gasteiger partial charge >= 0.3 is 0 Å². The number of aromatic nitrogens is 1. The number of nitrogens with zero attached hydrogens (tertiary/aromatic N) is 1. The molecule has 2 aromatic rings. The molecule has 2 heterocycles. The molecule has 5 heteroatoms. The molecule has 2 rings (SSSR count). The second-order valence-electron chi connectivity index (χ2n) is 3.77. The molecular weight excluding hydrogens is 300 g/mol. The van der Waals surface area contributed by atoms with Crippen LogP contribution in [0.4, 0.5) is 5.69 Å². The molecule has 17 heavy (non-hydrogen) atoms. The summed E-state index contributed by atoms with van der Waals surface area (Å²) in [4.78, 5) is 16.7. The van der Waals surface area contributed by atoms with E-state index in [0.29, 0.717) is 4.88 Å². The van der Waals surface area contributed by atoms with Crippen LogP contribution in [0.3, 0.4) is 0 Å². The smallest absolute Gasteiger partial charge is 0.265 e. The SMILES string of the molecule is Cc1cncc(NC(=O)c2cc(C)c(Br)s2)c1. The number of halogens is 1. The number of hydrogen-bond acceptors (Lipinski definition) is 3. The first kappa shape index (κ1) is 12.3. The van der Waals surface area contributed by atoms with Gasteiger partial charge in [0.2, 0.25) is 0 Å². The number of hydrogen-bond donors (Lipinski definition) is 1. The summed E-state index contributed by atoms with van der Waals surface area (Å²) in [6, 6.07) is 3.76. The molecule has 0 aromatic carbocycles. The highest BCUT2D eigenvalue weighted by Gasteiger charge is 2.11. The van der Waals surface area contributed by atoms with Crippen LogP contribution < -0.4 is 5.32 Å². The van der Waals surface area contributed by atoms with E-state index in [1.54, 1.807) is 12.4 Å². The third-order valence-electron chi connectivity index (χ3n) is 2.21. The van der Waals surface area contributed by atoms with Crippen molar-refractivity contribution in [1.82, 2.24) is 4.98 Å². The molecule has 0 saturated carbocycles. The molecule has 88 valence electrons. The Bertz CT molecular complexity index is 546. The van der Waals surface area contributed by atoms with Gasteiger partial charge in [-0.15, -0.1) is 11.3 Å². The van der Waals surface area contributed by atoms with E-state index >= 15 is 0 Å². The number of pyridine rings is 1. The lowest BCUT2D eigenvalue weighted by atomic mass is 10.3. The van der Waals surface area contributed by atoms with Gasteiger partial charge in [-0.2, -0.15) is 0 Å². The van der Waals surface area contributed by atoms with Gasteiger partial charge in [-0.1, -0.05) is 0 Å². The van der Waals surface area contributed by atoms with Gasteiger partial charge in [-0.05, 0) is 53.0 Å². The van der Waals surface area contributed by atoms with Gasteiger partial charge in [0, 0.05) is 6.20 Å². The summed E-state index contributed by atoms with van der Waals surface area (Å²) in [6.07, 6.45) is 3.39. The van der Waals surface area contributed by atoms with E-state index in [2.05, 4.69) is 26.2 Å². The van der Waals surface area contributed by atoms with E-state index in [1.165, 1.54) is 11.3 Å². The average Bonchev–Trinajstić information content (AvgIpc) is 2.59. The Morgan fingerprint density at radius 2 is 2.12 bits per heavy atom. The van der Waals surface area contributed by atoms with E-state index in [9.17, 15) is 4.79 Å². The van der Waals surface area contributed by atoms with Gasteiger partial charge in [0.15, 0.2) is 0 Å². The number of aryl methyl sites for hydroxylation is 2. The van der Waals surface area contributed by atoms with Crippen molar-refractivity contribution < 1.29 is 4.79 Å². The molecule has 0 atom stereocenters. The third-order valence-corrected chi connectivity index (χ3v) is 4.35. The lowest BCUT2D eigenvalue weighted by molar-refractivity contribution is 0.103. The van der Waals surface area contributed by atoms with Crippen LogP contribution in [-0.4, -0.2) is 10.9 Å². The summed E-state index contributed by atoms with van der Waals surface area (Å²) < 4.78 is 0.991. The third kappa shape index (κ3) is 2.92. The van der Waals surface area contributed by atoms with Crippen LogP contribution in [0.5, 0.6) is 0 Å². The topological polar surface area (TPSA) is 42.0 Å². The molecule has 0 unspecified atom stereocenters. The molecule has 0 radical (unpaired) electrons. The normalized spacial score (nSPS) is 10.3. The fourth-order valence-electron chi connectivity index (χ4n) is 1.39. The van der Waals surface area contributed by atoms with Crippen molar-refractivity contribution in [3.63, 3.8) is 0 Å². The number of rotatable bonds is 2. The van der Waals surface area contributed by atoms with Crippen molar-refractivity contribution in [3.8, 4) is 0 Å². The van der Waals surface area contributed by atoms with Gasteiger partial charge in [-0.25, -0.2) is 0 Å². The van der Waals surface area contributed by atoms with Gasteiger partial charge in [0.25, 0.3) is 5.91 Å². The Kier molecular flexibility index (Phi) is 3.59. The predicted octanol–water partition coefficient (Wildman–Crippen LogP) is 3.77. The maximum atomic E-state index is 11.9. The minimum atomic E-state index is -0.101. The van der Waals surface area contributed by atoms with E-state index < -0.39 is 0 Å². The number of amides is 1. The maximum Gasteiger partial charge on any atom is 0.265 e. The van der Waals surface area contributed by atoms with E-state index in [-0.39, 0.29) is 5.91 Å². The maximum absolute atomic E-state index is 11.9. The predicted molar refractivity (Wildman–Crippen MR) is 73.7 cm³/mol. The van der Waals surface area contributed by atoms with Crippen molar-refractivity contribution in [1.29, 1.82) is 0 Å². The number of anilines is 1. The van der Waals surface area contributed by atoms with Crippen molar-refractivity contribution >= 4 is 38.9 Å². The second kappa shape index (κ2) is 4.98. The Hall–Kier alpha value is -1.20. The van der Waals surface area contributed by atoms with Gasteiger partial charge in [0.05, 0.1) is 20.5 Å². The molecule has 0 aliphatic carbocycles. The van der Waals surface area contributed by atoms with Crippen LogP contribution >= 0.6 is 27.3 Å². The first-order valence-corrected chi connectivity index (χ1v) is 6.66.